The quantitative estimate of drug-likeness (QED) is 0.304. The van der Waals surface area contributed by atoms with Crippen LogP contribution in [0.3, 0.4) is 0 Å². The van der Waals surface area contributed by atoms with Crippen molar-refractivity contribution >= 4 is 22.8 Å². The predicted octanol–water partition coefficient (Wildman–Crippen LogP) is 2.74. The van der Waals surface area contributed by atoms with Crippen LogP contribution in [0.5, 0.6) is 0 Å². The van der Waals surface area contributed by atoms with Gasteiger partial charge in [0.2, 0.25) is 5.43 Å². The van der Waals surface area contributed by atoms with Crippen molar-refractivity contribution < 1.29 is 54.5 Å². The van der Waals surface area contributed by atoms with E-state index in [0.29, 0.717) is 16.8 Å². The van der Waals surface area contributed by atoms with Crippen molar-refractivity contribution in [3.63, 3.8) is 0 Å². The summed E-state index contributed by atoms with van der Waals surface area (Å²) < 4.78 is 126. The Balaban J connectivity index is 1.92. The zero-order valence-electron chi connectivity index (χ0n) is 21.1. The predicted molar refractivity (Wildman–Crippen MR) is 129 cm³/mol. The van der Waals surface area contributed by atoms with Crippen LogP contribution in [0.1, 0.15) is 10.4 Å². The molecule has 1 aliphatic rings. The first-order valence-electron chi connectivity index (χ1n) is 12.1. The highest BCUT2D eigenvalue weighted by Gasteiger charge is 2.44. The van der Waals surface area contributed by atoms with E-state index in [-0.39, 0.29) is 25.2 Å². The monoisotopic (exact) mass is 612 g/mol. The lowest BCUT2D eigenvalue weighted by Crippen LogP contribution is -2.61. The summed E-state index contributed by atoms with van der Waals surface area (Å²) >= 11 is 0. The third-order valence-electron chi connectivity index (χ3n) is 6.82. The number of benzene rings is 1. The van der Waals surface area contributed by atoms with E-state index in [1.807, 2.05) is 0 Å². The van der Waals surface area contributed by atoms with Crippen molar-refractivity contribution in [3.05, 3.63) is 63.5 Å². The summed E-state index contributed by atoms with van der Waals surface area (Å²) in [5.74, 6) is -8.07. The van der Waals surface area contributed by atoms with E-state index in [1.54, 1.807) is 0 Å². The van der Waals surface area contributed by atoms with Gasteiger partial charge in [0.25, 0.3) is 12.3 Å². The number of hydrogen-bond donors (Lipinski definition) is 3. The average Bonchev–Trinajstić information content (AvgIpc) is 2.91. The molecule has 2 aromatic heterocycles. The number of nitrogens with zero attached hydrogens (tertiary/aromatic N) is 3. The number of halogens is 9. The molecule has 0 saturated carbocycles. The highest BCUT2D eigenvalue weighted by Crippen LogP contribution is 2.35. The van der Waals surface area contributed by atoms with Crippen molar-refractivity contribution in [2.75, 3.05) is 37.9 Å². The maximum atomic E-state index is 15.2. The third-order valence-corrected chi connectivity index (χ3v) is 6.82. The second-order valence-corrected chi connectivity index (χ2v) is 9.75. The van der Waals surface area contributed by atoms with Crippen LogP contribution >= 0.6 is 0 Å². The van der Waals surface area contributed by atoms with Gasteiger partial charge in [-0.3, -0.25) is 14.2 Å². The van der Waals surface area contributed by atoms with E-state index in [9.17, 15) is 54.9 Å². The smallest absolute Gasteiger partial charge is 0.271 e. The minimum atomic E-state index is -3.88. The molecule has 0 aliphatic carbocycles. The van der Waals surface area contributed by atoms with Gasteiger partial charge in [0.05, 0.1) is 30.1 Å². The molecule has 4 rings (SSSR count). The Morgan fingerprint density at radius 2 is 1.60 bits per heavy atom. The topological polar surface area (TPSA) is 108 Å². The summed E-state index contributed by atoms with van der Waals surface area (Å²) in [5, 5.41) is 19.6. The zero-order valence-corrected chi connectivity index (χ0v) is 21.1. The number of pyridine rings is 2. The fourth-order valence-corrected chi connectivity index (χ4v) is 4.55. The largest absolute Gasteiger partial charge is 0.396 e. The first-order chi connectivity index (χ1) is 19.8. The lowest BCUT2D eigenvalue weighted by Gasteiger charge is -2.48. The molecular formula is C25H21F9N4O4. The normalized spacial score (nSPS) is 16.8. The number of aliphatic hydroxyl groups is 2. The van der Waals surface area contributed by atoms with Gasteiger partial charge in [0, 0.05) is 31.4 Å². The third kappa shape index (κ3) is 5.49. The minimum Gasteiger partial charge on any atom is -0.396 e. The molecule has 228 valence electrons. The van der Waals surface area contributed by atoms with Crippen LogP contribution in [0, 0.1) is 28.7 Å². The molecule has 1 aliphatic heterocycles. The van der Waals surface area contributed by atoms with Crippen molar-refractivity contribution in [2.45, 2.75) is 24.8 Å². The lowest BCUT2D eigenvalue weighted by molar-refractivity contribution is 0.00510. The molecule has 1 fully saturated rings. The Kier molecular flexibility index (Phi) is 8.73. The van der Waals surface area contributed by atoms with Crippen molar-refractivity contribution in [3.8, 4) is 5.69 Å². The van der Waals surface area contributed by atoms with E-state index in [2.05, 4.69) is 4.98 Å². The van der Waals surface area contributed by atoms with E-state index in [0.717, 1.165) is 0 Å². The zero-order chi connectivity index (χ0) is 31.1. The molecule has 3 unspecified atom stereocenters. The molecule has 0 bridgehead atoms. The maximum absolute atomic E-state index is 15.2. The second-order valence-electron chi connectivity index (χ2n) is 9.75. The van der Waals surface area contributed by atoms with Crippen molar-refractivity contribution in [1.82, 2.24) is 14.9 Å². The molecule has 3 atom stereocenters. The molecule has 3 heterocycles. The number of nitrogens with one attached hydrogen (secondary N) is 1. The second kappa shape index (κ2) is 11.8. The van der Waals surface area contributed by atoms with E-state index >= 15 is 4.39 Å². The Morgan fingerprint density at radius 1 is 1.00 bits per heavy atom. The van der Waals surface area contributed by atoms with Gasteiger partial charge in [0.15, 0.2) is 41.3 Å². The first-order valence-corrected chi connectivity index (χ1v) is 12.1. The number of hydrogen-bond acceptors (Lipinski definition) is 6. The Hall–Kier alpha value is -3.86. The number of amides is 1. The fraction of sp³-hybridized carbons (Fsp3) is 0.400. The highest BCUT2D eigenvalue weighted by atomic mass is 19.3. The number of alkyl halides is 5. The van der Waals surface area contributed by atoms with Crippen LogP contribution in [-0.2, 0) is 0 Å². The van der Waals surface area contributed by atoms with Crippen LogP contribution in [0.15, 0.2) is 29.2 Å². The van der Waals surface area contributed by atoms with Crippen LogP contribution in [-0.4, -0.2) is 83.5 Å². The summed E-state index contributed by atoms with van der Waals surface area (Å²) in [7, 11) is 0. The molecular weight excluding hydrogens is 591 g/mol. The molecule has 1 amide bonds. The molecule has 17 heteroatoms. The van der Waals surface area contributed by atoms with E-state index in [1.165, 1.54) is 10.2 Å². The minimum absolute atomic E-state index is 0.131. The Bertz CT molecular complexity index is 1540. The summed E-state index contributed by atoms with van der Waals surface area (Å²) in [5.41, 5.74) is -5.48. The molecule has 1 saturated heterocycles. The number of carbonyl (C=O) groups excluding carboxylic acids is 1. The summed E-state index contributed by atoms with van der Waals surface area (Å²) in [6.45, 7) is -3.24. The number of fused-ring (bicyclic) bond motifs is 1. The molecule has 8 nitrogen and oxygen atoms in total. The number of aromatic nitrogens is 2. The molecule has 0 spiro atoms. The van der Waals surface area contributed by atoms with Gasteiger partial charge >= 0.3 is 0 Å². The number of aliphatic hydroxyl groups excluding tert-OH is 2. The van der Waals surface area contributed by atoms with Gasteiger partial charge in [-0.25, -0.2) is 44.5 Å². The standard InChI is InChI=1S/C25H21F9N4O4/c26-4-16(31)18(17(32)21(33)34)35-24(42)12-5-38(19-13(28)1-10(27)2-14(19)29)22-11(20(12)41)3-15(30)23(36-22)37-6-25(7-37,8-39)9-40/h1-3,5,16-18,21,39-40H,4,6-9H2,(H,35,42). The molecule has 3 N–H and O–H groups in total. The SMILES string of the molecule is O=C(NC(C(F)CF)C(F)C(F)F)c1cn(-c2c(F)cc(F)cc2F)c2nc(N3CC(CO)(CO)C3)c(F)cc2c1=O. The first kappa shape index (κ1) is 31.1. The summed E-state index contributed by atoms with van der Waals surface area (Å²) in [4.78, 5) is 31.2. The van der Waals surface area contributed by atoms with Crippen LogP contribution < -0.4 is 15.6 Å². The number of anilines is 1. The van der Waals surface area contributed by atoms with E-state index in [4.69, 9.17) is 0 Å². The number of carbonyl (C=O) groups is 1. The van der Waals surface area contributed by atoms with Crippen molar-refractivity contribution in [1.29, 1.82) is 0 Å². The maximum Gasteiger partial charge on any atom is 0.271 e. The molecule has 3 aromatic rings. The fourth-order valence-electron chi connectivity index (χ4n) is 4.55. The molecule has 1 aromatic carbocycles. The van der Waals surface area contributed by atoms with Crippen LogP contribution in [0.4, 0.5) is 45.3 Å². The Labute approximate surface area is 230 Å². The summed E-state index contributed by atoms with van der Waals surface area (Å²) in [6.07, 6.45) is -9.90. The van der Waals surface area contributed by atoms with Gasteiger partial charge in [-0.05, 0) is 6.07 Å². The van der Waals surface area contributed by atoms with Gasteiger partial charge in [-0.1, -0.05) is 0 Å². The highest BCUT2D eigenvalue weighted by molar-refractivity contribution is 5.97. The van der Waals surface area contributed by atoms with Crippen molar-refractivity contribution in [2.24, 2.45) is 5.41 Å². The van der Waals surface area contributed by atoms with Crippen LogP contribution in [0.25, 0.3) is 16.7 Å². The van der Waals surface area contributed by atoms with Gasteiger partial charge in [-0.2, -0.15) is 0 Å². The van der Waals surface area contributed by atoms with Crippen LogP contribution in [0.2, 0.25) is 0 Å². The average molecular weight is 612 g/mol. The summed E-state index contributed by atoms with van der Waals surface area (Å²) in [6, 6.07) is -1.84. The Morgan fingerprint density at radius 3 is 2.12 bits per heavy atom. The number of rotatable bonds is 10. The lowest BCUT2D eigenvalue weighted by atomic mass is 9.81. The van der Waals surface area contributed by atoms with Gasteiger partial charge < -0.3 is 20.4 Å². The molecule has 42 heavy (non-hydrogen) atoms. The van der Waals surface area contributed by atoms with Gasteiger partial charge in [-0.15, -0.1) is 0 Å². The molecule has 0 radical (unpaired) electrons. The van der Waals surface area contributed by atoms with Gasteiger partial charge in [0.1, 0.15) is 23.7 Å². The van der Waals surface area contributed by atoms with E-state index < -0.39 is 113 Å².